The second-order valence-electron chi connectivity index (χ2n) is 10.0. The molecule has 0 aliphatic carbocycles. The van der Waals surface area contributed by atoms with Gasteiger partial charge in [0.05, 0.1) is 72.0 Å². The maximum atomic E-state index is 12.8. The molecule has 1 heterocycles. The number of amides is 3. The predicted molar refractivity (Wildman–Crippen MR) is 143 cm³/mol. The molecule has 1 aliphatic rings. The molecule has 0 aromatic carbocycles. The molecular formula is C27H45N4O8Tb-. The number of hydrogen-bond donors (Lipinski definition) is 2. The van der Waals surface area contributed by atoms with Gasteiger partial charge in [-0.1, -0.05) is 26.8 Å². The zero-order valence-electron chi connectivity index (χ0n) is 24.0. The Morgan fingerprint density at radius 2 is 1.43 bits per heavy atom. The van der Waals surface area contributed by atoms with Crippen molar-refractivity contribution in [2.75, 3.05) is 92.2 Å². The van der Waals surface area contributed by atoms with Crippen LogP contribution in [-0.4, -0.2) is 115 Å². The van der Waals surface area contributed by atoms with Crippen molar-refractivity contribution in [3.8, 4) is 6.07 Å². The van der Waals surface area contributed by atoms with Gasteiger partial charge in [0.2, 0.25) is 5.91 Å². The molecule has 1 aliphatic heterocycles. The molecule has 1 saturated heterocycles. The summed E-state index contributed by atoms with van der Waals surface area (Å²) in [6.45, 7) is 11.8. The number of nitrogens with zero attached hydrogens (tertiary/aromatic N) is 2. The van der Waals surface area contributed by atoms with Crippen LogP contribution in [0.15, 0.2) is 11.6 Å². The van der Waals surface area contributed by atoms with E-state index in [1.807, 2.05) is 26.8 Å². The van der Waals surface area contributed by atoms with Gasteiger partial charge in [-0.3, -0.25) is 9.59 Å². The second-order valence-corrected chi connectivity index (χ2v) is 10.0. The molecule has 3 amide bonds. The van der Waals surface area contributed by atoms with Crippen LogP contribution >= 0.6 is 0 Å². The third kappa shape index (κ3) is 19.7. The number of carbonyl (C=O) groups excluding carboxylic acids is 3. The topological polar surface area (TPSA) is 148 Å². The fraction of sp³-hybridized carbons (Fsp3) is 0.778. The van der Waals surface area contributed by atoms with Crippen LogP contribution in [0, 0.1) is 61.3 Å². The maximum Gasteiger partial charge on any atom is 0.264 e. The average molecular weight is 713 g/mol. The molecule has 13 heteroatoms. The van der Waals surface area contributed by atoms with Crippen LogP contribution in [-0.2, 0) is 38.1 Å². The fourth-order valence-corrected chi connectivity index (χ4v) is 3.67. The number of nitrogens with one attached hydrogen (secondary N) is 2. The summed E-state index contributed by atoms with van der Waals surface area (Å²) < 4.78 is 26.9. The zero-order valence-corrected chi connectivity index (χ0v) is 26.1. The molecular weight excluding hydrogens is 667 g/mol. The van der Waals surface area contributed by atoms with Crippen molar-refractivity contribution in [3.63, 3.8) is 0 Å². The first kappa shape index (κ1) is 38.7. The standard InChI is InChI=1S/C27H45N4O8.Tb/c1-27(2,3)19-24(20-28)26(34)31-8-4-5-23(21-31)25(33)30-7-10-36-12-14-38-16-18-39-17-15-37-13-11-35-9-6-29-22-32;/h19,23H,4-18,21H2,1-3H3,(H,29,32)(H,30,33);/q-1;/b24-19+;. The Hall–Kier alpha value is -1.27. The van der Waals surface area contributed by atoms with E-state index in [9.17, 15) is 19.6 Å². The summed E-state index contributed by atoms with van der Waals surface area (Å²) in [7, 11) is 0. The van der Waals surface area contributed by atoms with Gasteiger partial charge >= 0.3 is 0 Å². The molecule has 12 nitrogen and oxygen atoms in total. The molecule has 0 bridgehead atoms. The Morgan fingerprint density at radius 3 is 1.90 bits per heavy atom. The Morgan fingerprint density at radius 1 is 0.925 bits per heavy atom. The van der Waals surface area contributed by atoms with Gasteiger partial charge in [0.1, 0.15) is 11.6 Å². The smallest absolute Gasteiger partial charge is 0.264 e. The van der Waals surface area contributed by atoms with Crippen molar-refractivity contribution in [2.45, 2.75) is 33.6 Å². The van der Waals surface area contributed by atoms with Gasteiger partial charge in [0.25, 0.3) is 5.91 Å². The van der Waals surface area contributed by atoms with Crippen molar-refractivity contribution < 1.29 is 76.7 Å². The van der Waals surface area contributed by atoms with Gasteiger partial charge in [-0.15, -0.1) is 0 Å². The van der Waals surface area contributed by atoms with Crippen LogP contribution in [0.2, 0.25) is 0 Å². The van der Waals surface area contributed by atoms with Gasteiger partial charge < -0.3 is 44.0 Å². The Balaban J connectivity index is 0.0000152. The van der Waals surface area contributed by atoms with E-state index < -0.39 is 0 Å². The number of hydrogen-bond acceptors (Lipinski definition) is 9. The van der Waals surface area contributed by atoms with Gasteiger partial charge in [0.15, 0.2) is 0 Å². The molecule has 1 fully saturated rings. The first-order valence-corrected chi connectivity index (χ1v) is 13.5. The van der Waals surface area contributed by atoms with Gasteiger partial charge in [-0.05, 0) is 18.3 Å². The van der Waals surface area contributed by atoms with Crippen LogP contribution < -0.4 is 10.6 Å². The van der Waals surface area contributed by atoms with Crippen LogP contribution in [0.4, 0.5) is 0 Å². The fourth-order valence-electron chi connectivity index (χ4n) is 3.67. The summed E-state index contributed by atoms with van der Waals surface area (Å²) in [5, 5.41) is 14.7. The van der Waals surface area contributed by atoms with E-state index in [1.54, 1.807) is 17.4 Å². The molecule has 0 aromatic rings. The summed E-state index contributed by atoms with van der Waals surface area (Å²) >= 11 is 0. The molecule has 1 rings (SSSR count). The number of nitriles is 1. The minimum atomic E-state index is -0.311. The van der Waals surface area contributed by atoms with Crippen LogP contribution in [0.5, 0.6) is 0 Å². The number of allylic oxidation sites excluding steroid dienone is 1. The molecule has 0 spiro atoms. The van der Waals surface area contributed by atoms with Crippen LogP contribution in [0.1, 0.15) is 33.6 Å². The summed E-state index contributed by atoms with van der Waals surface area (Å²) in [5.41, 5.74) is -0.158. The van der Waals surface area contributed by atoms with E-state index in [0.29, 0.717) is 98.7 Å². The number of rotatable bonds is 21. The van der Waals surface area contributed by atoms with Crippen molar-refractivity contribution in [1.82, 2.24) is 15.5 Å². The van der Waals surface area contributed by atoms with E-state index in [0.717, 1.165) is 6.42 Å². The Bertz CT molecular complexity index is 785. The van der Waals surface area contributed by atoms with Crippen LogP contribution in [0.25, 0.3) is 0 Å². The molecule has 0 aromatic heterocycles. The molecule has 1 atom stereocenters. The summed E-state index contributed by atoms with van der Waals surface area (Å²) in [4.78, 5) is 36.9. The van der Waals surface area contributed by atoms with E-state index >= 15 is 0 Å². The normalized spacial score (nSPS) is 15.6. The number of ether oxygens (including phenoxy) is 5. The minimum Gasteiger partial charge on any atom is -0.528 e. The second kappa shape index (κ2) is 24.3. The molecule has 231 valence electrons. The maximum absolute atomic E-state index is 12.8. The SMILES string of the molecule is CC(C)(C)/C=C(\C#N)C(=O)N1CCCC(C(=O)NCCOCCOCCOCCOCCOCCN[C-]=O)C1.[Tb]. The monoisotopic (exact) mass is 712 g/mol. The van der Waals surface area contributed by atoms with Crippen molar-refractivity contribution in [1.29, 1.82) is 5.26 Å². The molecule has 0 saturated carbocycles. The molecule has 2 N–H and O–H groups in total. The van der Waals surface area contributed by atoms with Gasteiger partial charge in [0, 0.05) is 64.8 Å². The van der Waals surface area contributed by atoms with Gasteiger partial charge in [-0.2, -0.15) is 11.7 Å². The first-order valence-electron chi connectivity index (χ1n) is 13.5. The summed E-state index contributed by atoms with van der Waals surface area (Å²) in [6.07, 6.45) is 4.68. The summed E-state index contributed by atoms with van der Waals surface area (Å²) in [5.74, 6) is -0.714. The van der Waals surface area contributed by atoms with Crippen molar-refractivity contribution >= 4 is 18.2 Å². The molecule has 40 heavy (non-hydrogen) atoms. The van der Waals surface area contributed by atoms with E-state index in [1.165, 1.54) is 0 Å². The predicted octanol–water partition coefficient (Wildman–Crippen LogP) is 0.577. The Labute approximate surface area is 269 Å². The Kier molecular flexibility index (Phi) is 23.6. The number of likely N-dealkylation sites (tertiary alicyclic amines) is 1. The number of carbonyl (C=O) groups is 2. The third-order valence-corrected chi connectivity index (χ3v) is 5.48. The largest absolute Gasteiger partial charge is 0.528 e. The van der Waals surface area contributed by atoms with Crippen molar-refractivity contribution in [2.24, 2.45) is 11.3 Å². The first-order chi connectivity index (χ1) is 18.8. The number of piperidine rings is 1. The molecule has 1 unspecified atom stereocenters. The summed E-state index contributed by atoms with van der Waals surface area (Å²) in [6, 6.07) is 2.01. The van der Waals surface area contributed by atoms with Crippen molar-refractivity contribution in [3.05, 3.63) is 11.6 Å². The van der Waals surface area contributed by atoms with E-state index in [2.05, 4.69) is 10.6 Å². The van der Waals surface area contributed by atoms with Gasteiger partial charge in [-0.25, -0.2) is 0 Å². The average Bonchev–Trinajstić information content (AvgIpc) is 2.92. The van der Waals surface area contributed by atoms with E-state index in [4.69, 9.17) is 23.7 Å². The minimum absolute atomic E-state index is 0. The zero-order chi connectivity index (χ0) is 28.8. The van der Waals surface area contributed by atoms with E-state index in [-0.39, 0.29) is 67.3 Å². The quantitative estimate of drug-likeness (QED) is 0.0574. The molecule has 1 radical (unpaired) electrons. The third-order valence-electron chi connectivity index (χ3n) is 5.48. The van der Waals surface area contributed by atoms with Crippen LogP contribution in [0.3, 0.4) is 0 Å².